The fourth-order valence-electron chi connectivity index (χ4n) is 1.96. The van der Waals surface area contributed by atoms with Crippen LogP contribution in [0.5, 0.6) is 0 Å². The molecule has 1 aromatic carbocycles. The van der Waals surface area contributed by atoms with Crippen LogP contribution in [0.3, 0.4) is 0 Å². The molecule has 2 aromatic rings. The molecule has 0 aliphatic carbocycles. The minimum atomic E-state index is -0.788. The fraction of sp³-hybridized carbons (Fsp3) is 0.333. The van der Waals surface area contributed by atoms with Crippen LogP contribution in [-0.2, 0) is 18.3 Å². The lowest BCUT2D eigenvalue weighted by Crippen LogP contribution is -2.03. The molecule has 0 aliphatic rings. The van der Waals surface area contributed by atoms with Crippen molar-refractivity contribution in [1.29, 1.82) is 0 Å². The molecular weight excluding hydrogens is 204 g/mol. The van der Waals surface area contributed by atoms with E-state index < -0.39 is 5.97 Å². The summed E-state index contributed by atoms with van der Waals surface area (Å²) < 4.78 is 1.98. The van der Waals surface area contributed by atoms with Crippen molar-refractivity contribution in [3.8, 4) is 0 Å². The number of aliphatic carboxylic acids is 1. The standard InChI is InChI=1S/C12H14N2O2/c1-8-4-3-5-9-12(8)14(2)10(13-9)6-7-11(15)16/h3-5H,6-7H2,1-2H3,(H,15,16). The molecule has 0 radical (unpaired) electrons. The maximum absolute atomic E-state index is 10.5. The van der Waals surface area contributed by atoms with Gasteiger partial charge in [0, 0.05) is 13.5 Å². The largest absolute Gasteiger partial charge is 0.481 e. The molecule has 1 aromatic heterocycles. The Labute approximate surface area is 93.5 Å². The van der Waals surface area contributed by atoms with Gasteiger partial charge in [0.1, 0.15) is 5.82 Å². The smallest absolute Gasteiger partial charge is 0.303 e. The van der Waals surface area contributed by atoms with Gasteiger partial charge in [0.15, 0.2) is 0 Å². The van der Waals surface area contributed by atoms with Crippen LogP contribution in [0.4, 0.5) is 0 Å². The minimum absolute atomic E-state index is 0.121. The van der Waals surface area contributed by atoms with E-state index in [1.807, 2.05) is 36.7 Å². The molecule has 0 spiro atoms. The Morgan fingerprint density at radius 3 is 2.88 bits per heavy atom. The number of imidazole rings is 1. The topological polar surface area (TPSA) is 55.1 Å². The molecule has 1 N–H and O–H groups in total. The number of para-hydroxylation sites is 1. The van der Waals surface area contributed by atoms with E-state index in [9.17, 15) is 4.79 Å². The van der Waals surface area contributed by atoms with Crippen molar-refractivity contribution in [1.82, 2.24) is 9.55 Å². The number of aryl methyl sites for hydroxylation is 3. The Kier molecular flexibility index (Phi) is 2.64. The van der Waals surface area contributed by atoms with E-state index in [-0.39, 0.29) is 6.42 Å². The third kappa shape index (κ3) is 1.78. The Balaban J connectivity index is 2.44. The molecule has 16 heavy (non-hydrogen) atoms. The number of hydrogen-bond donors (Lipinski definition) is 1. The second-order valence-corrected chi connectivity index (χ2v) is 3.92. The number of aromatic nitrogens is 2. The lowest BCUT2D eigenvalue weighted by Gasteiger charge is -2.02. The first-order valence-electron chi connectivity index (χ1n) is 5.22. The molecule has 0 saturated heterocycles. The second-order valence-electron chi connectivity index (χ2n) is 3.92. The molecule has 0 atom stereocenters. The summed E-state index contributed by atoms with van der Waals surface area (Å²) in [6.45, 7) is 2.03. The highest BCUT2D eigenvalue weighted by Crippen LogP contribution is 2.19. The number of benzene rings is 1. The SMILES string of the molecule is Cc1cccc2nc(CCC(=O)O)n(C)c12. The zero-order valence-corrected chi connectivity index (χ0v) is 9.40. The summed E-state index contributed by atoms with van der Waals surface area (Å²) in [4.78, 5) is 15.0. The molecule has 0 amide bonds. The average Bonchev–Trinajstić information content (AvgIpc) is 2.54. The van der Waals surface area contributed by atoms with Gasteiger partial charge in [-0.15, -0.1) is 0 Å². The summed E-state index contributed by atoms with van der Waals surface area (Å²) in [5, 5.41) is 8.66. The zero-order valence-electron chi connectivity index (χ0n) is 9.40. The van der Waals surface area contributed by atoms with Crippen molar-refractivity contribution in [2.45, 2.75) is 19.8 Å². The van der Waals surface area contributed by atoms with Crippen molar-refractivity contribution in [3.05, 3.63) is 29.6 Å². The van der Waals surface area contributed by atoms with Gasteiger partial charge in [-0.25, -0.2) is 4.98 Å². The van der Waals surface area contributed by atoms with Gasteiger partial charge in [-0.2, -0.15) is 0 Å². The Bertz CT molecular complexity index is 543. The molecule has 0 saturated carbocycles. The number of carbonyl (C=O) groups is 1. The molecule has 84 valence electrons. The van der Waals surface area contributed by atoms with Gasteiger partial charge in [-0.1, -0.05) is 12.1 Å². The third-order valence-electron chi connectivity index (χ3n) is 2.75. The first-order valence-corrected chi connectivity index (χ1v) is 5.22. The van der Waals surface area contributed by atoms with Crippen LogP contribution in [0.2, 0.25) is 0 Å². The first-order chi connectivity index (χ1) is 7.59. The van der Waals surface area contributed by atoms with Gasteiger partial charge in [0.05, 0.1) is 17.5 Å². The highest BCUT2D eigenvalue weighted by atomic mass is 16.4. The van der Waals surface area contributed by atoms with Crippen molar-refractivity contribution >= 4 is 17.0 Å². The average molecular weight is 218 g/mol. The molecular formula is C12H14N2O2. The molecule has 0 fully saturated rings. The van der Waals surface area contributed by atoms with Gasteiger partial charge >= 0.3 is 5.97 Å². The molecule has 2 rings (SSSR count). The summed E-state index contributed by atoms with van der Waals surface area (Å²) in [6.07, 6.45) is 0.593. The Hall–Kier alpha value is -1.84. The highest BCUT2D eigenvalue weighted by molar-refractivity contribution is 5.79. The van der Waals surface area contributed by atoms with Crippen molar-refractivity contribution in [3.63, 3.8) is 0 Å². The van der Waals surface area contributed by atoms with Crippen LogP contribution < -0.4 is 0 Å². The van der Waals surface area contributed by atoms with Gasteiger partial charge in [-0.3, -0.25) is 4.79 Å². The van der Waals surface area contributed by atoms with Crippen molar-refractivity contribution < 1.29 is 9.90 Å². The van der Waals surface area contributed by atoms with Crippen LogP contribution in [0.25, 0.3) is 11.0 Å². The van der Waals surface area contributed by atoms with E-state index >= 15 is 0 Å². The van der Waals surface area contributed by atoms with Crippen LogP contribution >= 0.6 is 0 Å². The third-order valence-corrected chi connectivity index (χ3v) is 2.75. The maximum atomic E-state index is 10.5. The van der Waals surface area contributed by atoms with E-state index in [1.165, 1.54) is 0 Å². The van der Waals surface area contributed by atoms with E-state index in [4.69, 9.17) is 5.11 Å². The van der Waals surface area contributed by atoms with E-state index in [0.717, 1.165) is 22.4 Å². The number of rotatable bonds is 3. The lowest BCUT2D eigenvalue weighted by molar-refractivity contribution is -0.137. The molecule has 0 aliphatic heterocycles. The van der Waals surface area contributed by atoms with Crippen LogP contribution in [-0.4, -0.2) is 20.6 Å². The summed E-state index contributed by atoms with van der Waals surface area (Å²) >= 11 is 0. The quantitative estimate of drug-likeness (QED) is 0.856. The van der Waals surface area contributed by atoms with Gasteiger partial charge in [0.2, 0.25) is 0 Å². The number of carboxylic acid groups (broad SMARTS) is 1. The molecule has 0 bridgehead atoms. The fourth-order valence-corrected chi connectivity index (χ4v) is 1.96. The van der Waals surface area contributed by atoms with Crippen molar-refractivity contribution in [2.24, 2.45) is 7.05 Å². The summed E-state index contributed by atoms with van der Waals surface area (Å²) in [5.41, 5.74) is 3.18. The number of nitrogens with zero attached hydrogens (tertiary/aromatic N) is 2. The van der Waals surface area contributed by atoms with Crippen LogP contribution in [0.15, 0.2) is 18.2 Å². The maximum Gasteiger partial charge on any atom is 0.303 e. The van der Waals surface area contributed by atoms with E-state index in [0.29, 0.717) is 6.42 Å². The predicted molar refractivity (Wildman–Crippen MR) is 61.4 cm³/mol. The van der Waals surface area contributed by atoms with Crippen LogP contribution in [0.1, 0.15) is 17.8 Å². The van der Waals surface area contributed by atoms with Gasteiger partial charge in [-0.05, 0) is 18.6 Å². The predicted octanol–water partition coefficient (Wildman–Crippen LogP) is 1.90. The zero-order chi connectivity index (χ0) is 11.7. The summed E-state index contributed by atoms with van der Waals surface area (Å²) in [7, 11) is 1.93. The lowest BCUT2D eigenvalue weighted by atomic mass is 10.2. The normalized spacial score (nSPS) is 10.9. The van der Waals surface area contributed by atoms with E-state index in [2.05, 4.69) is 4.98 Å². The Morgan fingerprint density at radius 2 is 2.25 bits per heavy atom. The molecule has 4 heteroatoms. The number of hydrogen-bond acceptors (Lipinski definition) is 2. The van der Waals surface area contributed by atoms with Crippen molar-refractivity contribution in [2.75, 3.05) is 0 Å². The summed E-state index contributed by atoms with van der Waals surface area (Å²) in [5.74, 6) is 0.0375. The second kappa shape index (κ2) is 3.96. The number of fused-ring (bicyclic) bond motifs is 1. The Morgan fingerprint density at radius 1 is 1.50 bits per heavy atom. The van der Waals surface area contributed by atoms with E-state index in [1.54, 1.807) is 0 Å². The van der Waals surface area contributed by atoms with Crippen LogP contribution in [0, 0.1) is 6.92 Å². The first kappa shape index (κ1) is 10.7. The molecule has 0 unspecified atom stereocenters. The minimum Gasteiger partial charge on any atom is -0.481 e. The van der Waals surface area contributed by atoms with Gasteiger partial charge in [0.25, 0.3) is 0 Å². The highest BCUT2D eigenvalue weighted by Gasteiger charge is 2.10. The monoisotopic (exact) mass is 218 g/mol. The summed E-state index contributed by atoms with van der Waals surface area (Å²) in [6, 6.07) is 5.95. The van der Waals surface area contributed by atoms with Gasteiger partial charge < -0.3 is 9.67 Å². The molecule has 1 heterocycles. The molecule has 4 nitrogen and oxygen atoms in total. The number of carboxylic acids is 1.